The van der Waals surface area contributed by atoms with Crippen LogP contribution < -0.4 is 16.4 Å². The lowest BCUT2D eigenvalue weighted by atomic mass is 9.96. The zero-order chi connectivity index (χ0) is 14.4. The summed E-state index contributed by atoms with van der Waals surface area (Å²) in [6.45, 7) is 9.43. The molecule has 4 nitrogen and oxygen atoms in total. The Balaban J connectivity index is 2.65. The number of hydrogen-bond acceptors (Lipinski definition) is 3. The first-order chi connectivity index (χ1) is 8.93. The van der Waals surface area contributed by atoms with Gasteiger partial charge in [0, 0.05) is 24.8 Å². The van der Waals surface area contributed by atoms with Crippen molar-refractivity contribution in [2.45, 2.75) is 27.7 Å². The third kappa shape index (κ3) is 4.91. The SMILES string of the molecule is CC(=O)Nc1ccc(NCC(CN)C(C)C)cc1C. The summed E-state index contributed by atoms with van der Waals surface area (Å²) in [7, 11) is 0. The molecule has 0 spiro atoms. The minimum Gasteiger partial charge on any atom is -0.385 e. The molecule has 1 aromatic carbocycles. The van der Waals surface area contributed by atoms with Gasteiger partial charge < -0.3 is 16.4 Å². The van der Waals surface area contributed by atoms with E-state index in [1.807, 2.05) is 25.1 Å². The number of nitrogens with one attached hydrogen (secondary N) is 2. The van der Waals surface area contributed by atoms with Crippen LogP contribution in [0, 0.1) is 18.8 Å². The van der Waals surface area contributed by atoms with E-state index in [1.54, 1.807) is 0 Å². The smallest absolute Gasteiger partial charge is 0.221 e. The fourth-order valence-electron chi connectivity index (χ4n) is 1.94. The monoisotopic (exact) mass is 263 g/mol. The van der Waals surface area contributed by atoms with Gasteiger partial charge in [0.15, 0.2) is 0 Å². The van der Waals surface area contributed by atoms with Crippen LogP contribution in [0.25, 0.3) is 0 Å². The molecular formula is C15H25N3O. The molecule has 4 N–H and O–H groups in total. The average molecular weight is 263 g/mol. The second-order valence-electron chi connectivity index (χ2n) is 5.33. The van der Waals surface area contributed by atoms with Gasteiger partial charge in [-0.15, -0.1) is 0 Å². The molecule has 1 unspecified atom stereocenters. The summed E-state index contributed by atoms with van der Waals surface area (Å²) in [6, 6.07) is 5.94. The van der Waals surface area contributed by atoms with E-state index >= 15 is 0 Å². The van der Waals surface area contributed by atoms with Crippen LogP contribution in [0.3, 0.4) is 0 Å². The lowest BCUT2D eigenvalue weighted by Gasteiger charge is -2.20. The summed E-state index contributed by atoms with van der Waals surface area (Å²) in [5, 5.41) is 6.21. The molecule has 106 valence electrons. The first kappa shape index (κ1) is 15.5. The Morgan fingerprint density at radius 3 is 2.53 bits per heavy atom. The van der Waals surface area contributed by atoms with Crippen molar-refractivity contribution in [3.8, 4) is 0 Å². The van der Waals surface area contributed by atoms with Crippen LogP contribution in [0.15, 0.2) is 18.2 Å². The van der Waals surface area contributed by atoms with Crippen molar-refractivity contribution >= 4 is 17.3 Å². The quantitative estimate of drug-likeness (QED) is 0.739. The molecule has 0 heterocycles. The van der Waals surface area contributed by atoms with Crippen molar-refractivity contribution in [3.05, 3.63) is 23.8 Å². The van der Waals surface area contributed by atoms with Crippen molar-refractivity contribution in [2.75, 3.05) is 23.7 Å². The highest BCUT2D eigenvalue weighted by Gasteiger charge is 2.11. The maximum absolute atomic E-state index is 11.0. The highest BCUT2D eigenvalue weighted by molar-refractivity contribution is 5.89. The van der Waals surface area contributed by atoms with E-state index in [0.29, 0.717) is 18.4 Å². The van der Waals surface area contributed by atoms with Gasteiger partial charge in [-0.3, -0.25) is 4.79 Å². The number of rotatable bonds is 6. The molecular weight excluding hydrogens is 238 g/mol. The van der Waals surface area contributed by atoms with Crippen molar-refractivity contribution in [3.63, 3.8) is 0 Å². The zero-order valence-corrected chi connectivity index (χ0v) is 12.3. The van der Waals surface area contributed by atoms with Crippen LogP contribution in [0.4, 0.5) is 11.4 Å². The fourth-order valence-corrected chi connectivity index (χ4v) is 1.94. The Morgan fingerprint density at radius 1 is 1.37 bits per heavy atom. The van der Waals surface area contributed by atoms with E-state index < -0.39 is 0 Å². The number of benzene rings is 1. The van der Waals surface area contributed by atoms with Crippen LogP contribution in [0.5, 0.6) is 0 Å². The van der Waals surface area contributed by atoms with Crippen molar-refractivity contribution in [1.29, 1.82) is 0 Å². The lowest BCUT2D eigenvalue weighted by molar-refractivity contribution is -0.114. The van der Waals surface area contributed by atoms with Gasteiger partial charge in [0.1, 0.15) is 0 Å². The molecule has 0 saturated carbocycles. The van der Waals surface area contributed by atoms with E-state index in [2.05, 4.69) is 24.5 Å². The Bertz CT molecular complexity index is 429. The summed E-state index contributed by atoms with van der Waals surface area (Å²) >= 11 is 0. The zero-order valence-electron chi connectivity index (χ0n) is 12.3. The second kappa shape index (κ2) is 7.14. The number of nitrogens with two attached hydrogens (primary N) is 1. The highest BCUT2D eigenvalue weighted by Crippen LogP contribution is 2.20. The predicted octanol–water partition coefficient (Wildman–Crippen LogP) is 2.60. The predicted molar refractivity (Wildman–Crippen MR) is 81.4 cm³/mol. The lowest BCUT2D eigenvalue weighted by Crippen LogP contribution is -2.27. The van der Waals surface area contributed by atoms with Gasteiger partial charge in [0.2, 0.25) is 5.91 Å². The van der Waals surface area contributed by atoms with Gasteiger partial charge in [-0.05, 0) is 49.1 Å². The van der Waals surface area contributed by atoms with Gasteiger partial charge in [-0.25, -0.2) is 0 Å². The van der Waals surface area contributed by atoms with E-state index in [-0.39, 0.29) is 5.91 Å². The van der Waals surface area contributed by atoms with Crippen LogP contribution in [-0.4, -0.2) is 19.0 Å². The van der Waals surface area contributed by atoms with Crippen LogP contribution in [0.1, 0.15) is 26.3 Å². The van der Waals surface area contributed by atoms with Crippen molar-refractivity contribution in [1.82, 2.24) is 0 Å². The molecule has 0 radical (unpaired) electrons. The molecule has 0 saturated heterocycles. The molecule has 1 aromatic rings. The Labute approximate surface area is 115 Å². The first-order valence-corrected chi connectivity index (χ1v) is 6.76. The van der Waals surface area contributed by atoms with Gasteiger partial charge >= 0.3 is 0 Å². The normalized spacial score (nSPS) is 12.3. The molecule has 1 amide bonds. The molecule has 0 aliphatic carbocycles. The number of anilines is 2. The molecule has 0 fully saturated rings. The molecule has 1 atom stereocenters. The molecule has 0 aromatic heterocycles. The minimum absolute atomic E-state index is 0.0492. The van der Waals surface area contributed by atoms with Crippen molar-refractivity contribution < 1.29 is 4.79 Å². The van der Waals surface area contributed by atoms with Gasteiger partial charge in [-0.1, -0.05) is 13.8 Å². The van der Waals surface area contributed by atoms with E-state index in [1.165, 1.54) is 6.92 Å². The van der Waals surface area contributed by atoms with Crippen LogP contribution >= 0.6 is 0 Å². The Hall–Kier alpha value is -1.55. The van der Waals surface area contributed by atoms with Gasteiger partial charge in [0.05, 0.1) is 0 Å². The van der Waals surface area contributed by atoms with Gasteiger partial charge in [-0.2, -0.15) is 0 Å². The summed E-state index contributed by atoms with van der Waals surface area (Å²) in [5.41, 5.74) is 8.73. The minimum atomic E-state index is -0.0492. The standard InChI is InChI=1S/C15H25N3O/c1-10(2)13(8-16)9-17-14-5-6-15(11(3)7-14)18-12(4)19/h5-7,10,13,17H,8-9,16H2,1-4H3,(H,18,19). The second-order valence-corrected chi connectivity index (χ2v) is 5.33. The molecule has 4 heteroatoms. The number of carbonyl (C=O) groups is 1. The molecule has 19 heavy (non-hydrogen) atoms. The van der Waals surface area contributed by atoms with Gasteiger partial charge in [0.25, 0.3) is 0 Å². The maximum Gasteiger partial charge on any atom is 0.221 e. The van der Waals surface area contributed by atoms with Crippen LogP contribution in [0.2, 0.25) is 0 Å². The van der Waals surface area contributed by atoms with E-state index in [0.717, 1.165) is 23.5 Å². The number of hydrogen-bond donors (Lipinski definition) is 3. The van der Waals surface area contributed by atoms with E-state index in [9.17, 15) is 4.79 Å². The molecule has 1 rings (SSSR count). The first-order valence-electron chi connectivity index (χ1n) is 6.76. The molecule has 0 bridgehead atoms. The average Bonchev–Trinajstić information content (AvgIpc) is 2.32. The summed E-state index contributed by atoms with van der Waals surface area (Å²) in [6.07, 6.45) is 0. The summed E-state index contributed by atoms with van der Waals surface area (Å²) < 4.78 is 0. The summed E-state index contributed by atoms with van der Waals surface area (Å²) in [5.74, 6) is 0.986. The number of carbonyl (C=O) groups excluding carboxylic acids is 1. The third-order valence-electron chi connectivity index (χ3n) is 3.35. The summed E-state index contributed by atoms with van der Waals surface area (Å²) in [4.78, 5) is 11.0. The Kier molecular flexibility index (Phi) is 5.83. The van der Waals surface area contributed by atoms with E-state index in [4.69, 9.17) is 5.73 Å². The molecule has 0 aliphatic rings. The fraction of sp³-hybridized carbons (Fsp3) is 0.533. The topological polar surface area (TPSA) is 67.2 Å². The third-order valence-corrected chi connectivity index (χ3v) is 3.35. The highest BCUT2D eigenvalue weighted by atomic mass is 16.1. The Morgan fingerprint density at radius 2 is 2.05 bits per heavy atom. The largest absolute Gasteiger partial charge is 0.385 e. The van der Waals surface area contributed by atoms with Crippen molar-refractivity contribution in [2.24, 2.45) is 17.6 Å². The van der Waals surface area contributed by atoms with Crippen LogP contribution in [-0.2, 0) is 4.79 Å². The molecule has 0 aliphatic heterocycles. The number of amides is 1. The maximum atomic E-state index is 11.0. The number of aryl methyl sites for hydroxylation is 1.